The molecule has 1 aromatic heterocycles. The highest BCUT2D eigenvalue weighted by molar-refractivity contribution is 5.62. The van der Waals surface area contributed by atoms with E-state index in [9.17, 15) is 0 Å². The molecular formula is C13H16N4. The van der Waals surface area contributed by atoms with E-state index in [0.29, 0.717) is 6.54 Å². The van der Waals surface area contributed by atoms with Crippen LogP contribution >= 0.6 is 0 Å². The standard InChI is InChI=1S/C13H16N4/c1-10-5-3-4-6-12(10)17(2)13-9-15-8-11(7-14)16-13/h3-6,8-9H,7,14H2,1-2H3. The minimum absolute atomic E-state index is 0.405. The average molecular weight is 228 g/mol. The first-order valence-electron chi connectivity index (χ1n) is 5.52. The average Bonchev–Trinajstić information content (AvgIpc) is 2.38. The second kappa shape index (κ2) is 4.93. The number of hydrogen-bond donors (Lipinski definition) is 1. The molecule has 0 aliphatic carbocycles. The van der Waals surface area contributed by atoms with Gasteiger partial charge in [-0.25, -0.2) is 4.98 Å². The molecule has 88 valence electrons. The summed E-state index contributed by atoms with van der Waals surface area (Å²) < 4.78 is 0. The van der Waals surface area contributed by atoms with Crippen molar-refractivity contribution in [2.75, 3.05) is 11.9 Å². The molecule has 0 aliphatic rings. The Balaban J connectivity index is 2.37. The third kappa shape index (κ3) is 2.42. The number of anilines is 2. The number of aryl methyl sites for hydroxylation is 1. The SMILES string of the molecule is Cc1ccccc1N(C)c1cncc(CN)n1. The molecule has 4 heteroatoms. The van der Waals surface area contributed by atoms with Crippen molar-refractivity contribution in [2.24, 2.45) is 5.73 Å². The van der Waals surface area contributed by atoms with Crippen LogP contribution in [-0.4, -0.2) is 17.0 Å². The van der Waals surface area contributed by atoms with Crippen molar-refractivity contribution < 1.29 is 0 Å². The maximum Gasteiger partial charge on any atom is 0.151 e. The zero-order chi connectivity index (χ0) is 12.3. The summed E-state index contributed by atoms with van der Waals surface area (Å²) in [6, 6.07) is 8.17. The van der Waals surface area contributed by atoms with E-state index in [1.165, 1.54) is 5.56 Å². The van der Waals surface area contributed by atoms with E-state index < -0.39 is 0 Å². The van der Waals surface area contributed by atoms with E-state index in [2.05, 4.69) is 29.0 Å². The van der Waals surface area contributed by atoms with Crippen LogP contribution in [0.5, 0.6) is 0 Å². The quantitative estimate of drug-likeness (QED) is 0.873. The molecule has 4 nitrogen and oxygen atoms in total. The summed E-state index contributed by atoms with van der Waals surface area (Å²) >= 11 is 0. The molecule has 0 spiro atoms. The summed E-state index contributed by atoms with van der Waals surface area (Å²) in [5.74, 6) is 0.808. The van der Waals surface area contributed by atoms with Gasteiger partial charge in [-0.15, -0.1) is 0 Å². The number of benzene rings is 1. The molecule has 1 aromatic carbocycles. The van der Waals surface area contributed by atoms with Gasteiger partial charge in [0, 0.05) is 25.5 Å². The molecule has 1 heterocycles. The molecule has 0 unspecified atom stereocenters. The Hall–Kier alpha value is -1.94. The third-order valence-corrected chi connectivity index (χ3v) is 2.70. The maximum absolute atomic E-state index is 5.57. The molecule has 0 radical (unpaired) electrons. The Kier molecular flexibility index (Phi) is 3.35. The van der Waals surface area contributed by atoms with Gasteiger partial charge in [0.25, 0.3) is 0 Å². The highest BCUT2D eigenvalue weighted by atomic mass is 15.2. The fourth-order valence-electron chi connectivity index (χ4n) is 1.72. The number of rotatable bonds is 3. The molecule has 0 atom stereocenters. The van der Waals surface area contributed by atoms with Crippen molar-refractivity contribution >= 4 is 11.5 Å². The minimum Gasteiger partial charge on any atom is -0.328 e. The number of aromatic nitrogens is 2. The lowest BCUT2D eigenvalue weighted by molar-refractivity contribution is 0.945. The van der Waals surface area contributed by atoms with Gasteiger partial charge < -0.3 is 10.6 Å². The van der Waals surface area contributed by atoms with Crippen LogP contribution in [0.25, 0.3) is 0 Å². The largest absolute Gasteiger partial charge is 0.328 e. The van der Waals surface area contributed by atoms with Crippen LogP contribution in [0.3, 0.4) is 0 Å². The van der Waals surface area contributed by atoms with Crippen LogP contribution in [0.2, 0.25) is 0 Å². The Morgan fingerprint density at radius 2 is 2.00 bits per heavy atom. The number of nitrogens with zero attached hydrogens (tertiary/aromatic N) is 3. The van der Waals surface area contributed by atoms with Gasteiger partial charge in [0.2, 0.25) is 0 Å². The van der Waals surface area contributed by atoms with Gasteiger partial charge in [-0.3, -0.25) is 4.98 Å². The van der Waals surface area contributed by atoms with E-state index in [1.54, 1.807) is 12.4 Å². The summed E-state index contributed by atoms with van der Waals surface area (Å²) in [5, 5.41) is 0. The van der Waals surface area contributed by atoms with Gasteiger partial charge in [0.05, 0.1) is 11.9 Å². The van der Waals surface area contributed by atoms with Crippen molar-refractivity contribution in [3.8, 4) is 0 Å². The normalized spacial score (nSPS) is 10.3. The topological polar surface area (TPSA) is 55.0 Å². The molecule has 0 saturated carbocycles. The van der Waals surface area contributed by atoms with E-state index in [0.717, 1.165) is 17.2 Å². The molecule has 2 aromatic rings. The van der Waals surface area contributed by atoms with Gasteiger partial charge in [-0.1, -0.05) is 18.2 Å². The van der Waals surface area contributed by atoms with Crippen LogP contribution < -0.4 is 10.6 Å². The first-order valence-corrected chi connectivity index (χ1v) is 5.52. The molecule has 17 heavy (non-hydrogen) atoms. The number of para-hydroxylation sites is 1. The molecule has 0 aliphatic heterocycles. The van der Waals surface area contributed by atoms with E-state index in [4.69, 9.17) is 5.73 Å². The highest BCUT2D eigenvalue weighted by Gasteiger charge is 2.08. The smallest absolute Gasteiger partial charge is 0.151 e. The van der Waals surface area contributed by atoms with Gasteiger partial charge in [0.1, 0.15) is 0 Å². The fraction of sp³-hybridized carbons (Fsp3) is 0.231. The zero-order valence-electron chi connectivity index (χ0n) is 10.1. The first-order chi connectivity index (χ1) is 8.22. The summed E-state index contributed by atoms with van der Waals surface area (Å²) in [4.78, 5) is 10.6. The van der Waals surface area contributed by atoms with E-state index in [1.807, 2.05) is 24.1 Å². The fourth-order valence-corrected chi connectivity index (χ4v) is 1.72. The lowest BCUT2D eigenvalue weighted by Crippen LogP contribution is -2.14. The van der Waals surface area contributed by atoms with Crippen molar-refractivity contribution in [2.45, 2.75) is 13.5 Å². The minimum atomic E-state index is 0.405. The van der Waals surface area contributed by atoms with Gasteiger partial charge >= 0.3 is 0 Å². The van der Waals surface area contributed by atoms with Crippen molar-refractivity contribution in [3.05, 3.63) is 47.9 Å². The molecule has 2 rings (SSSR count). The van der Waals surface area contributed by atoms with Crippen LogP contribution in [0.4, 0.5) is 11.5 Å². The Morgan fingerprint density at radius 1 is 1.24 bits per heavy atom. The van der Waals surface area contributed by atoms with Crippen LogP contribution in [0, 0.1) is 6.92 Å². The first kappa shape index (κ1) is 11.5. The highest BCUT2D eigenvalue weighted by Crippen LogP contribution is 2.24. The summed E-state index contributed by atoms with van der Waals surface area (Å²) in [5.41, 5.74) is 8.69. The molecular weight excluding hydrogens is 212 g/mol. The number of hydrogen-bond acceptors (Lipinski definition) is 4. The van der Waals surface area contributed by atoms with Crippen LogP contribution in [0.15, 0.2) is 36.7 Å². The molecule has 0 amide bonds. The molecule has 2 N–H and O–H groups in total. The van der Waals surface area contributed by atoms with Gasteiger partial charge in [0.15, 0.2) is 5.82 Å². The Labute approximate surface area is 101 Å². The summed E-state index contributed by atoms with van der Waals surface area (Å²) in [7, 11) is 1.98. The summed E-state index contributed by atoms with van der Waals surface area (Å²) in [6.07, 6.45) is 3.43. The van der Waals surface area contributed by atoms with Crippen molar-refractivity contribution in [1.82, 2.24) is 9.97 Å². The van der Waals surface area contributed by atoms with Crippen molar-refractivity contribution in [3.63, 3.8) is 0 Å². The van der Waals surface area contributed by atoms with Gasteiger partial charge in [-0.05, 0) is 18.6 Å². The van der Waals surface area contributed by atoms with E-state index in [-0.39, 0.29) is 0 Å². The van der Waals surface area contributed by atoms with Crippen LogP contribution in [-0.2, 0) is 6.54 Å². The molecule has 0 saturated heterocycles. The Morgan fingerprint density at radius 3 is 2.71 bits per heavy atom. The second-order valence-electron chi connectivity index (χ2n) is 3.92. The van der Waals surface area contributed by atoms with Crippen LogP contribution in [0.1, 0.15) is 11.3 Å². The molecule has 0 bridgehead atoms. The van der Waals surface area contributed by atoms with Crippen molar-refractivity contribution in [1.29, 1.82) is 0 Å². The second-order valence-corrected chi connectivity index (χ2v) is 3.92. The third-order valence-electron chi connectivity index (χ3n) is 2.70. The lowest BCUT2D eigenvalue weighted by Gasteiger charge is -2.20. The lowest BCUT2D eigenvalue weighted by atomic mass is 10.2. The van der Waals surface area contributed by atoms with Gasteiger partial charge in [-0.2, -0.15) is 0 Å². The summed E-state index contributed by atoms with van der Waals surface area (Å²) in [6.45, 7) is 2.48. The number of nitrogens with two attached hydrogens (primary N) is 1. The maximum atomic E-state index is 5.57. The predicted molar refractivity (Wildman–Crippen MR) is 69.2 cm³/mol. The molecule has 0 fully saturated rings. The Bertz CT molecular complexity index is 510. The predicted octanol–water partition coefficient (Wildman–Crippen LogP) is 2.01. The van der Waals surface area contributed by atoms with E-state index >= 15 is 0 Å². The monoisotopic (exact) mass is 228 g/mol. The zero-order valence-corrected chi connectivity index (χ0v) is 10.1.